The van der Waals surface area contributed by atoms with Crippen LogP contribution in [-0.4, -0.2) is 29.4 Å². The Hall–Kier alpha value is -8.36. The Morgan fingerprint density at radius 3 is 1.81 bits per heavy atom. The van der Waals surface area contributed by atoms with Crippen molar-refractivity contribution in [2.24, 2.45) is 47.9 Å². The number of pyridine rings is 1. The van der Waals surface area contributed by atoms with E-state index in [2.05, 4.69) is 70.2 Å². The van der Waals surface area contributed by atoms with Crippen molar-refractivity contribution in [2.75, 3.05) is 17.5 Å². The molecule has 1 aromatic heterocycles. The highest BCUT2D eigenvalue weighted by atomic mass is 19.1. The van der Waals surface area contributed by atoms with Gasteiger partial charge in [0.1, 0.15) is 34.5 Å². The van der Waals surface area contributed by atoms with Gasteiger partial charge in [0.15, 0.2) is 5.96 Å². The monoisotopic (exact) mass is 782 g/mol. The minimum atomic E-state index is -0.311. The normalized spacial score (nSPS) is 11.5. The molecule has 5 aromatic carbocycles. The van der Waals surface area contributed by atoms with Crippen molar-refractivity contribution in [1.82, 2.24) is 4.98 Å². The first kappa shape index (κ1) is 40.3. The Kier molecular flexibility index (Phi) is 14.0. The Bertz CT molecular complexity index is 2580. The number of anilines is 2. The van der Waals surface area contributed by atoms with Crippen molar-refractivity contribution in [3.05, 3.63) is 173 Å². The maximum atomic E-state index is 13.2. The van der Waals surface area contributed by atoms with Gasteiger partial charge in [0.2, 0.25) is 0 Å². The van der Waals surface area contributed by atoms with Crippen LogP contribution in [-0.2, 0) is 0 Å². The van der Waals surface area contributed by atoms with Crippen LogP contribution in [0.1, 0.15) is 41.3 Å². The molecule has 0 aliphatic heterocycles. The van der Waals surface area contributed by atoms with E-state index in [0.29, 0.717) is 58.4 Å². The molecular formula is C45H39FN12O. The van der Waals surface area contributed by atoms with E-state index in [-0.39, 0.29) is 17.8 Å². The zero-order valence-corrected chi connectivity index (χ0v) is 31.9. The van der Waals surface area contributed by atoms with E-state index in [1.807, 2.05) is 73.7 Å². The number of amidine groups is 1. The van der Waals surface area contributed by atoms with Crippen LogP contribution >= 0.6 is 0 Å². The molecule has 1 unspecified atom stereocenters. The zero-order valence-electron chi connectivity index (χ0n) is 31.9. The van der Waals surface area contributed by atoms with Gasteiger partial charge in [-0.2, -0.15) is 0 Å². The van der Waals surface area contributed by atoms with Crippen LogP contribution in [0.15, 0.2) is 170 Å². The van der Waals surface area contributed by atoms with Crippen molar-refractivity contribution in [1.29, 1.82) is 0 Å². The minimum Gasteiger partial charge on any atom is -0.494 e. The summed E-state index contributed by atoms with van der Waals surface area (Å²) in [5, 5.41) is 16.8. The van der Waals surface area contributed by atoms with Gasteiger partial charge < -0.3 is 21.9 Å². The van der Waals surface area contributed by atoms with Crippen LogP contribution < -0.4 is 32.8 Å². The van der Waals surface area contributed by atoms with Gasteiger partial charge >= 0.3 is 0 Å². The van der Waals surface area contributed by atoms with Gasteiger partial charge in [0, 0.05) is 17.5 Å². The van der Waals surface area contributed by atoms with E-state index in [0.717, 1.165) is 22.6 Å². The van der Waals surface area contributed by atoms with E-state index in [1.54, 1.807) is 60.8 Å². The number of hydrogen-bond acceptors (Lipinski definition) is 8. The predicted molar refractivity (Wildman–Crippen MR) is 230 cm³/mol. The number of aliphatic imine (C=N–C) groups is 2. The van der Waals surface area contributed by atoms with E-state index in [4.69, 9.17) is 21.9 Å². The van der Waals surface area contributed by atoms with Gasteiger partial charge in [0.05, 0.1) is 47.0 Å². The summed E-state index contributed by atoms with van der Waals surface area (Å²) in [6.07, 6.45) is 2.24. The van der Waals surface area contributed by atoms with Gasteiger partial charge in [0.25, 0.3) is 0 Å². The van der Waals surface area contributed by atoms with Gasteiger partial charge in [-0.05, 0) is 116 Å². The van der Waals surface area contributed by atoms with Gasteiger partial charge in [-0.25, -0.2) is 9.38 Å². The second kappa shape index (κ2) is 20.5. The molecule has 1 heterocycles. The van der Waals surface area contributed by atoms with Crippen LogP contribution in [0.25, 0.3) is 0 Å². The smallest absolute Gasteiger partial charge is 0.191 e. The SMILES string of the molecule is CC(CCOc1ccc(C#Cc2ccccc2N=NNc2ccc(N=C(N)N)cc2)cc1)N=C(N)c1ccc(NN=Nc2ccccc2C#Cc2ccc(F)cc2)cn1. The Labute approximate surface area is 341 Å². The van der Waals surface area contributed by atoms with Crippen molar-refractivity contribution in [3.8, 4) is 29.4 Å². The van der Waals surface area contributed by atoms with Crippen LogP contribution in [0.4, 0.5) is 32.8 Å². The lowest BCUT2D eigenvalue weighted by Crippen LogP contribution is -2.21. The fourth-order valence-corrected chi connectivity index (χ4v) is 5.14. The molecule has 292 valence electrons. The van der Waals surface area contributed by atoms with Crippen molar-refractivity contribution < 1.29 is 9.13 Å². The zero-order chi connectivity index (χ0) is 41.2. The summed E-state index contributed by atoms with van der Waals surface area (Å²) in [7, 11) is 0. The highest BCUT2D eigenvalue weighted by molar-refractivity contribution is 5.95. The number of nitrogens with one attached hydrogen (secondary N) is 2. The number of aromatic nitrogens is 1. The average molecular weight is 783 g/mol. The molecule has 13 nitrogen and oxygen atoms in total. The van der Waals surface area contributed by atoms with Gasteiger partial charge in [-0.3, -0.25) is 20.8 Å². The van der Waals surface area contributed by atoms with E-state index >= 15 is 0 Å². The number of nitrogens with two attached hydrogens (primary N) is 3. The number of guanidine groups is 1. The average Bonchev–Trinajstić information content (AvgIpc) is 3.24. The highest BCUT2D eigenvalue weighted by Gasteiger charge is 2.06. The molecule has 6 rings (SSSR count). The largest absolute Gasteiger partial charge is 0.494 e. The fraction of sp³-hybridized carbons (Fsp3) is 0.0889. The third kappa shape index (κ3) is 12.8. The van der Waals surface area contributed by atoms with Crippen molar-refractivity contribution in [3.63, 3.8) is 0 Å². The number of rotatable bonds is 13. The van der Waals surface area contributed by atoms with Crippen molar-refractivity contribution in [2.45, 2.75) is 19.4 Å². The lowest BCUT2D eigenvalue weighted by atomic mass is 10.1. The topological polar surface area (TPSA) is 198 Å². The molecule has 1 atom stereocenters. The summed E-state index contributed by atoms with van der Waals surface area (Å²) in [6, 6.07) is 38.9. The van der Waals surface area contributed by atoms with Gasteiger partial charge in [-0.1, -0.05) is 58.4 Å². The Balaban J connectivity index is 0.949. The van der Waals surface area contributed by atoms with Crippen LogP contribution in [0.2, 0.25) is 0 Å². The van der Waals surface area contributed by atoms with Crippen molar-refractivity contribution >= 4 is 40.2 Å². The number of benzene rings is 5. The Morgan fingerprint density at radius 1 is 0.678 bits per heavy atom. The molecule has 0 aliphatic rings. The maximum Gasteiger partial charge on any atom is 0.191 e. The second-order valence-corrected chi connectivity index (χ2v) is 12.7. The molecule has 0 saturated carbocycles. The summed E-state index contributed by atoms with van der Waals surface area (Å²) in [5.74, 6) is 13.1. The van der Waals surface area contributed by atoms with Crippen LogP contribution in [0.5, 0.6) is 5.75 Å². The molecule has 6 aromatic rings. The number of nitrogens with zero attached hydrogens (tertiary/aromatic N) is 7. The first-order valence-electron chi connectivity index (χ1n) is 18.3. The molecule has 0 bridgehead atoms. The standard InChI is InChI=1S/C45H39FN12O/c1-31(51-44(47)43-27-24-39(30-50-43)54-58-56-42-9-5-3-6-34(42)16-10-32-12-18-36(46)19-13-32)28-29-59-40-25-14-33(15-26-40)11-17-35-7-2-4-8-41(35)55-57-53-38-22-20-37(21-23-38)52-45(48)49/h2-9,12-15,18-27,30-31H,28-29H2,1H3,(H2,47,51)(H,53,55)(H,54,56)(H4,48,49,52). The molecular weight excluding hydrogens is 744 g/mol. The summed E-state index contributed by atoms with van der Waals surface area (Å²) < 4.78 is 19.2. The molecule has 8 N–H and O–H groups in total. The van der Waals surface area contributed by atoms with Crippen LogP contribution in [0, 0.1) is 29.5 Å². The van der Waals surface area contributed by atoms with E-state index in [9.17, 15) is 4.39 Å². The third-order valence-electron chi connectivity index (χ3n) is 8.18. The first-order chi connectivity index (χ1) is 28.8. The lowest BCUT2D eigenvalue weighted by Gasteiger charge is -2.10. The predicted octanol–water partition coefficient (Wildman–Crippen LogP) is 8.71. The van der Waals surface area contributed by atoms with E-state index in [1.165, 1.54) is 12.1 Å². The molecule has 0 aliphatic carbocycles. The molecule has 0 amide bonds. The quantitative estimate of drug-likeness (QED) is 0.0254. The third-order valence-corrected chi connectivity index (χ3v) is 8.18. The fourth-order valence-electron chi connectivity index (χ4n) is 5.14. The molecule has 0 radical (unpaired) electrons. The van der Waals surface area contributed by atoms with E-state index < -0.39 is 0 Å². The lowest BCUT2D eigenvalue weighted by molar-refractivity contribution is 0.301. The molecule has 0 saturated heterocycles. The molecule has 0 spiro atoms. The Morgan fingerprint density at radius 2 is 1.24 bits per heavy atom. The molecule has 59 heavy (non-hydrogen) atoms. The maximum absolute atomic E-state index is 13.2. The van der Waals surface area contributed by atoms with Gasteiger partial charge in [-0.15, -0.1) is 10.2 Å². The first-order valence-corrected chi connectivity index (χ1v) is 18.3. The summed E-state index contributed by atoms with van der Waals surface area (Å²) in [6.45, 7) is 2.41. The minimum absolute atomic E-state index is 0.00879. The highest BCUT2D eigenvalue weighted by Crippen LogP contribution is 2.21. The summed E-state index contributed by atoms with van der Waals surface area (Å²) >= 11 is 0. The second-order valence-electron chi connectivity index (χ2n) is 12.7. The molecule has 0 fully saturated rings. The summed E-state index contributed by atoms with van der Waals surface area (Å²) in [5.41, 5.74) is 29.5. The number of hydrogen-bond donors (Lipinski definition) is 5. The molecule has 14 heteroatoms. The van der Waals surface area contributed by atoms with Crippen LogP contribution in [0.3, 0.4) is 0 Å². The summed E-state index contributed by atoms with van der Waals surface area (Å²) in [4.78, 5) is 13.0. The number of halogens is 1. The number of ether oxygens (including phenoxy) is 1.